The summed E-state index contributed by atoms with van der Waals surface area (Å²) in [6, 6.07) is 6.78. The summed E-state index contributed by atoms with van der Waals surface area (Å²) in [5.74, 6) is -1.35. The van der Waals surface area contributed by atoms with Gasteiger partial charge in [0.05, 0.1) is 18.2 Å². The first kappa shape index (κ1) is 13.8. The van der Waals surface area contributed by atoms with Crippen LogP contribution in [0, 0.1) is 5.82 Å². The summed E-state index contributed by atoms with van der Waals surface area (Å²) in [7, 11) is 1.48. The van der Waals surface area contributed by atoms with Crippen LogP contribution in [0.5, 0.6) is 11.6 Å². The van der Waals surface area contributed by atoms with Gasteiger partial charge in [-0.05, 0) is 24.3 Å². The van der Waals surface area contributed by atoms with Gasteiger partial charge in [-0.25, -0.2) is 14.2 Å². The average molecular weight is 277 g/mol. The number of pyridine rings is 1. The third-order valence-corrected chi connectivity index (χ3v) is 2.56. The van der Waals surface area contributed by atoms with Gasteiger partial charge in [-0.1, -0.05) is 0 Å². The lowest BCUT2D eigenvalue weighted by Gasteiger charge is -2.09. The number of aromatic nitrogens is 1. The molecule has 2 rings (SSSR count). The summed E-state index contributed by atoms with van der Waals surface area (Å²) in [4.78, 5) is 14.8. The number of aromatic carboxylic acids is 1. The van der Waals surface area contributed by atoms with Crippen molar-refractivity contribution in [2.24, 2.45) is 0 Å². The average Bonchev–Trinajstić information content (AvgIpc) is 2.44. The van der Waals surface area contributed by atoms with Crippen molar-refractivity contribution >= 4 is 5.97 Å². The molecule has 20 heavy (non-hydrogen) atoms. The van der Waals surface area contributed by atoms with E-state index in [1.807, 2.05) is 0 Å². The van der Waals surface area contributed by atoms with Crippen LogP contribution in [0.4, 0.5) is 4.39 Å². The van der Waals surface area contributed by atoms with E-state index in [4.69, 9.17) is 14.6 Å². The highest BCUT2D eigenvalue weighted by atomic mass is 19.1. The van der Waals surface area contributed by atoms with E-state index in [0.29, 0.717) is 11.4 Å². The fraction of sp³-hybridized carbons (Fsp3) is 0.143. The summed E-state index contributed by atoms with van der Waals surface area (Å²) in [5, 5.41) is 8.85. The molecule has 0 saturated heterocycles. The molecule has 1 aromatic heterocycles. The Bertz CT molecular complexity index is 630. The molecule has 0 saturated carbocycles. The monoisotopic (exact) mass is 277 g/mol. The second-order valence-corrected chi connectivity index (χ2v) is 3.94. The number of methoxy groups -OCH3 is 1. The number of hydrogen-bond donors (Lipinski definition) is 1. The predicted octanol–water partition coefficient (Wildman–Crippen LogP) is 2.51. The van der Waals surface area contributed by atoms with E-state index in [9.17, 15) is 9.18 Å². The van der Waals surface area contributed by atoms with Crippen LogP contribution >= 0.6 is 0 Å². The van der Waals surface area contributed by atoms with Gasteiger partial charge < -0.3 is 14.6 Å². The Hall–Kier alpha value is -2.63. The quantitative estimate of drug-likeness (QED) is 0.909. The van der Waals surface area contributed by atoms with Crippen molar-refractivity contribution in [2.45, 2.75) is 6.61 Å². The van der Waals surface area contributed by atoms with Crippen LogP contribution in [-0.2, 0) is 6.61 Å². The van der Waals surface area contributed by atoms with Gasteiger partial charge in [0.2, 0.25) is 5.88 Å². The van der Waals surface area contributed by atoms with E-state index in [0.717, 1.165) is 12.1 Å². The van der Waals surface area contributed by atoms with Crippen LogP contribution in [0.2, 0.25) is 0 Å². The van der Waals surface area contributed by atoms with E-state index < -0.39 is 11.8 Å². The number of benzene rings is 1. The molecule has 0 atom stereocenters. The molecule has 0 aliphatic heterocycles. The highest BCUT2D eigenvalue weighted by molar-refractivity contribution is 5.88. The van der Waals surface area contributed by atoms with Crippen LogP contribution in [0.25, 0.3) is 0 Å². The second-order valence-electron chi connectivity index (χ2n) is 3.94. The van der Waals surface area contributed by atoms with E-state index in [-0.39, 0.29) is 17.9 Å². The first-order valence-electron chi connectivity index (χ1n) is 5.74. The highest BCUT2D eigenvalue weighted by Gasteiger charge is 2.09. The van der Waals surface area contributed by atoms with Gasteiger partial charge in [-0.15, -0.1) is 0 Å². The van der Waals surface area contributed by atoms with E-state index in [1.54, 1.807) is 18.3 Å². The maximum atomic E-state index is 13.3. The summed E-state index contributed by atoms with van der Waals surface area (Å²) in [6.45, 7) is 0.0968. The second kappa shape index (κ2) is 6.01. The topological polar surface area (TPSA) is 68.7 Å². The lowest BCUT2D eigenvalue weighted by atomic mass is 10.2. The largest absolute Gasteiger partial charge is 0.489 e. The molecule has 2 aromatic rings. The zero-order valence-corrected chi connectivity index (χ0v) is 10.7. The van der Waals surface area contributed by atoms with Gasteiger partial charge in [-0.3, -0.25) is 0 Å². The SMILES string of the molecule is COc1ncccc1COc1cc(F)cc(C(=O)O)c1. The number of carboxylic acid groups (broad SMARTS) is 1. The fourth-order valence-corrected chi connectivity index (χ4v) is 1.65. The number of carbonyl (C=O) groups is 1. The fourth-order valence-electron chi connectivity index (χ4n) is 1.65. The number of hydrogen-bond acceptors (Lipinski definition) is 4. The van der Waals surface area contributed by atoms with Crippen molar-refractivity contribution in [3.05, 3.63) is 53.5 Å². The van der Waals surface area contributed by atoms with Crippen LogP contribution in [-0.4, -0.2) is 23.2 Å². The molecule has 0 spiro atoms. The molecule has 6 heteroatoms. The molecule has 1 aromatic carbocycles. The normalized spacial score (nSPS) is 10.1. The van der Waals surface area contributed by atoms with Crippen molar-refractivity contribution < 1.29 is 23.8 Å². The van der Waals surface area contributed by atoms with Crippen molar-refractivity contribution in [1.82, 2.24) is 4.98 Å². The van der Waals surface area contributed by atoms with Crippen LogP contribution in [0.15, 0.2) is 36.5 Å². The van der Waals surface area contributed by atoms with Crippen LogP contribution in [0.1, 0.15) is 15.9 Å². The summed E-state index contributed by atoms with van der Waals surface area (Å²) in [6.07, 6.45) is 1.58. The van der Waals surface area contributed by atoms with Gasteiger partial charge in [-0.2, -0.15) is 0 Å². The zero-order valence-electron chi connectivity index (χ0n) is 10.7. The molecule has 0 aliphatic rings. The summed E-state index contributed by atoms with van der Waals surface area (Å²) < 4.78 is 23.7. The Kier molecular flexibility index (Phi) is 4.14. The standard InChI is InChI=1S/C14H12FNO4/c1-19-13-9(3-2-4-16-13)8-20-12-6-10(14(17)18)5-11(15)7-12/h2-7H,8H2,1H3,(H,17,18). The van der Waals surface area contributed by atoms with E-state index in [2.05, 4.69) is 4.98 Å². The minimum absolute atomic E-state index is 0.0968. The lowest BCUT2D eigenvalue weighted by Crippen LogP contribution is -2.02. The molecule has 0 radical (unpaired) electrons. The molecule has 0 amide bonds. The Morgan fingerprint density at radius 3 is 2.90 bits per heavy atom. The zero-order chi connectivity index (χ0) is 14.5. The minimum Gasteiger partial charge on any atom is -0.489 e. The van der Waals surface area contributed by atoms with Crippen molar-refractivity contribution in [1.29, 1.82) is 0 Å². The van der Waals surface area contributed by atoms with Gasteiger partial charge in [0.15, 0.2) is 0 Å². The molecule has 0 unspecified atom stereocenters. The van der Waals surface area contributed by atoms with Gasteiger partial charge >= 0.3 is 5.97 Å². The number of halogens is 1. The molecule has 5 nitrogen and oxygen atoms in total. The maximum absolute atomic E-state index is 13.3. The summed E-state index contributed by atoms with van der Waals surface area (Å²) >= 11 is 0. The third-order valence-electron chi connectivity index (χ3n) is 2.56. The third kappa shape index (κ3) is 3.23. The first-order valence-corrected chi connectivity index (χ1v) is 5.74. The lowest BCUT2D eigenvalue weighted by molar-refractivity contribution is 0.0695. The highest BCUT2D eigenvalue weighted by Crippen LogP contribution is 2.20. The minimum atomic E-state index is -1.21. The van der Waals surface area contributed by atoms with Crippen LogP contribution in [0.3, 0.4) is 0 Å². The first-order chi connectivity index (χ1) is 9.60. The van der Waals surface area contributed by atoms with Gasteiger partial charge in [0.1, 0.15) is 18.2 Å². The number of rotatable bonds is 5. The predicted molar refractivity (Wildman–Crippen MR) is 68.5 cm³/mol. The molecular weight excluding hydrogens is 265 g/mol. The Balaban J connectivity index is 2.16. The Morgan fingerprint density at radius 1 is 1.40 bits per heavy atom. The molecular formula is C14H12FNO4. The van der Waals surface area contributed by atoms with Gasteiger partial charge in [0.25, 0.3) is 0 Å². The number of ether oxygens (including phenoxy) is 2. The summed E-state index contributed by atoms with van der Waals surface area (Å²) in [5.41, 5.74) is 0.509. The molecule has 0 aliphatic carbocycles. The van der Waals surface area contributed by atoms with E-state index >= 15 is 0 Å². The Morgan fingerprint density at radius 2 is 2.20 bits per heavy atom. The Labute approximate surface area is 114 Å². The van der Waals surface area contributed by atoms with E-state index in [1.165, 1.54) is 13.2 Å². The van der Waals surface area contributed by atoms with Crippen LogP contribution < -0.4 is 9.47 Å². The molecule has 104 valence electrons. The van der Waals surface area contributed by atoms with Crippen molar-refractivity contribution in [3.8, 4) is 11.6 Å². The van der Waals surface area contributed by atoms with Crippen molar-refractivity contribution in [3.63, 3.8) is 0 Å². The number of nitrogens with zero attached hydrogens (tertiary/aromatic N) is 1. The molecule has 0 fully saturated rings. The molecule has 1 heterocycles. The smallest absolute Gasteiger partial charge is 0.335 e. The maximum Gasteiger partial charge on any atom is 0.335 e. The number of carboxylic acids is 1. The van der Waals surface area contributed by atoms with Gasteiger partial charge in [0, 0.05) is 12.3 Å². The molecule has 1 N–H and O–H groups in total. The van der Waals surface area contributed by atoms with Crippen molar-refractivity contribution in [2.75, 3.05) is 7.11 Å². The molecule has 0 bridgehead atoms.